The van der Waals surface area contributed by atoms with Crippen molar-refractivity contribution in [3.8, 4) is 11.1 Å². The Bertz CT molecular complexity index is 618. The lowest BCUT2D eigenvalue weighted by molar-refractivity contribution is 0.0697. The molecule has 92 valence electrons. The van der Waals surface area contributed by atoms with Crippen LogP contribution in [0.4, 0.5) is 4.39 Å². The van der Waals surface area contributed by atoms with Crippen LogP contribution in [0.1, 0.15) is 21.5 Å². The van der Waals surface area contributed by atoms with Gasteiger partial charge in [-0.3, -0.25) is 0 Å². The Morgan fingerprint density at radius 3 is 2.44 bits per heavy atom. The molecule has 2 rings (SSSR count). The molecule has 3 heteroatoms. The normalized spacial score (nSPS) is 10.4. The van der Waals surface area contributed by atoms with Crippen LogP contribution in [0, 0.1) is 19.7 Å². The number of rotatable bonds is 2. The Labute approximate surface area is 105 Å². The summed E-state index contributed by atoms with van der Waals surface area (Å²) in [7, 11) is 0. The Kier molecular flexibility index (Phi) is 3.15. The highest BCUT2D eigenvalue weighted by Crippen LogP contribution is 2.29. The van der Waals surface area contributed by atoms with Crippen molar-refractivity contribution in [2.75, 3.05) is 0 Å². The van der Waals surface area contributed by atoms with Crippen molar-refractivity contribution < 1.29 is 14.3 Å². The largest absolute Gasteiger partial charge is 0.478 e. The number of halogens is 1. The number of aromatic carboxylic acids is 1. The van der Waals surface area contributed by atoms with Crippen molar-refractivity contribution in [2.45, 2.75) is 13.8 Å². The number of benzene rings is 2. The van der Waals surface area contributed by atoms with Crippen LogP contribution in [-0.4, -0.2) is 11.1 Å². The lowest BCUT2D eigenvalue weighted by Crippen LogP contribution is -2.03. The van der Waals surface area contributed by atoms with E-state index in [1.807, 2.05) is 6.92 Å². The molecule has 0 aliphatic heterocycles. The fraction of sp³-hybridized carbons (Fsp3) is 0.133. The Balaban J connectivity index is 2.75. The number of aryl methyl sites for hydroxylation is 2. The van der Waals surface area contributed by atoms with Crippen LogP contribution in [0.5, 0.6) is 0 Å². The van der Waals surface area contributed by atoms with Gasteiger partial charge in [-0.1, -0.05) is 24.3 Å². The molecule has 1 N–H and O–H groups in total. The SMILES string of the molecule is Cc1ccc(F)cc1-c1cccc(C)c1C(=O)O. The average molecular weight is 244 g/mol. The molecule has 0 radical (unpaired) electrons. The highest BCUT2D eigenvalue weighted by Gasteiger charge is 2.15. The minimum Gasteiger partial charge on any atom is -0.478 e. The summed E-state index contributed by atoms with van der Waals surface area (Å²) in [5, 5.41) is 9.27. The molecule has 2 aromatic rings. The maximum Gasteiger partial charge on any atom is 0.336 e. The minimum absolute atomic E-state index is 0.228. The molecule has 0 atom stereocenters. The molecule has 0 bridgehead atoms. The summed E-state index contributed by atoms with van der Waals surface area (Å²) in [6.07, 6.45) is 0. The van der Waals surface area contributed by atoms with E-state index in [1.54, 1.807) is 31.2 Å². The number of hydrogen-bond acceptors (Lipinski definition) is 1. The summed E-state index contributed by atoms with van der Waals surface area (Å²) in [5.41, 5.74) is 2.93. The van der Waals surface area contributed by atoms with Crippen LogP contribution < -0.4 is 0 Å². The molecular weight excluding hydrogens is 231 g/mol. The maximum absolute atomic E-state index is 13.3. The minimum atomic E-state index is -0.994. The summed E-state index contributed by atoms with van der Waals surface area (Å²) < 4.78 is 13.3. The molecule has 0 amide bonds. The first-order valence-electron chi connectivity index (χ1n) is 5.60. The second-order valence-corrected chi connectivity index (χ2v) is 4.26. The third-order valence-corrected chi connectivity index (χ3v) is 2.98. The van der Waals surface area contributed by atoms with Gasteiger partial charge in [0.2, 0.25) is 0 Å². The first kappa shape index (κ1) is 12.3. The van der Waals surface area contributed by atoms with Gasteiger partial charge in [-0.25, -0.2) is 9.18 Å². The average Bonchev–Trinajstić information content (AvgIpc) is 2.31. The molecule has 2 nitrogen and oxygen atoms in total. The van der Waals surface area contributed by atoms with Gasteiger partial charge in [0.25, 0.3) is 0 Å². The predicted molar refractivity (Wildman–Crippen MR) is 68.3 cm³/mol. The van der Waals surface area contributed by atoms with Gasteiger partial charge in [-0.15, -0.1) is 0 Å². The van der Waals surface area contributed by atoms with E-state index in [9.17, 15) is 14.3 Å². The molecule has 0 spiro atoms. The van der Waals surface area contributed by atoms with Crippen molar-refractivity contribution in [2.24, 2.45) is 0 Å². The molecule has 0 aliphatic rings. The van der Waals surface area contributed by atoms with Gasteiger partial charge >= 0.3 is 5.97 Å². The zero-order chi connectivity index (χ0) is 13.3. The Morgan fingerprint density at radius 1 is 1.06 bits per heavy atom. The van der Waals surface area contributed by atoms with Gasteiger partial charge in [0.15, 0.2) is 0 Å². The van der Waals surface area contributed by atoms with E-state index in [-0.39, 0.29) is 11.4 Å². The summed E-state index contributed by atoms with van der Waals surface area (Å²) in [6, 6.07) is 9.62. The van der Waals surface area contributed by atoms with Crippen molar-refractivity contribution in [3.63, 3.8) is 0 Å². The summed E-state index contributed by atoms with van der Waals surface area (Å²) in [6.45, 7) is 3.57. The van der Waals surface area contributed by atoms with E-state index in [0.29, 0.717) is 16.7 Å². The zero-order valence-electron chi connectivity index (χ0n) is 10.2. The van der Waals surface area contributed by atoms with Gasteiger partial charge in [0.05, 0.1) is 5.56 Å². The first-order chi connectivity index (χ1) is 8.50. The highest BCUT2D eigenvalue weighted by molar-refractivity contribution is 5.98. The third-order valence-electron chi connectivity index (χ3n) is 2.98. The molecule has 0 fully saturated rings. The van der Waals surface area contributed by atoms with Crippen molar-refractivity contribution in [1.29, 1.82) is 0 Å². The zero-order valence-corrected chi connectivity index (χ0v) is 10.2. The molecule has 0 aliphatic carbocycles. The number of hydrogen-bond donors (Lipinski definition) is 1. The van der Waals surface area contributed by atoms with Gasteiger partial charge in [-0.05, 0) is 48.2 Å². The summed E-state index contributed by atoms with van der Waals surface area (Å²) in [4.78, 5) is 11.3. The van der Waals surface area contributed by atoms with Crippen LogP contribution in [0.3, 0.4) is 0 Å². The monoisotopic (exact) mass is 244 g/mol. The van der Waals surface area contributed by atoms with E-state index in [2.05, 4.69) is 0 Å². The number of carboxylic acid groups (broad SMARTS) is 1. The number of carbonyl (C=O) groups is 1. The summed E-state index contributed by atoms with van der Waals surface area (Å²) >= 11 is 0. The van der Waals surface area contributed by atoms with Crippen LogP contribution in [0.2, 0.25) is 0 Å². The van der Waals surface area contributed by atoms with Crippen LogP contribution in [-0.2, 0) is 0 Å². The van der Waals surface area contributed by atoms with Crippen LogP contribution in [0.15, 0.2) is 36.4 Å². The van der Waals surface area contributed by atoms with E-state index in [1.165, 1.54) is 12.1 Å². The second-order valence-electron chi connectivity index (χ2n) is 4.26. The van der Waals surface area contributed by atoms with Crippen LogP contribution >= 0.6 is 0 Å². The maximum atomic E-state index is 13.3. The predicted octanol–water partition coefficient (Wildman–Crippen LogP) is 3.81. The Morgan fingerprint density at radius 2 is 1.78 bits per heavy atom. The summed E-state index contributed by atoms with van der Waals surface area (Å²) in [5.74, 6) is -1.36. The first-order valence-corrected chi connectivity index (χ1v) is 5.60. The standard InChI is InChI=1S/C15H13FO2/c1-9-6-7-11(16)8-13(9)12-5-3-4-10(2)14(12)15(17)18/h3-8H,1-2H3,(H,17,18). The molecular formula is C15H13FO2. The lowest BCUT2D eigenvalue weighted by Gasteiger charge is -2.11. The van der Waals surface area contributed by atoms with E-state index in [0.717, 1.165) is 5.56 Å². The number of carboxylic acids is 1. The van der Waals surface area contributed by atoms with Crippen molar-refractivity contribution >= 4 is 5.97 Å². The smallest absolute Gasteiger partial charge is 0.336 e. The van der Waals surface area contributed by atoms with E-state index < -0.39 is 5.97 Å². The van der Waals surface area contributed by atoms with Gasteiger partial charge < -0.3 is 5.11 Å². The fourth-order valence-corrected chi connectivity index (χ4v) is 2.06. The van der Waals surface area contributed by atoms with Gasteiger partial charge in [0.1, 0.15) is 5.82 Å². The van der Waals surface area contributed by atoms with Gasteiger partial charge in [0, 0.05) is 0 Å². The third kappa shape index (κ3) is 2.12. The fourth-order valence-electron chi connectivity index (χ4n) is 2.06. The molecule has 0 saturated carbocycles. The highest BCUT2D eigenvalue weighted by atomic mass is 19.1. The quantitative estimate of drug-likeness (QED) is 0.872. The van der Waals surface area contributed by atoms with E-state index in [4.69, 9.17) is 0 Å². The topological polar surface area (TPSA) is 37.3 Å². The molecule has 0 unspecified atom stereocenters. The molecule has 0 heterocycles. The van der Waals surface area contributed by atoms with Crippen molar-refractivity contribution in [1.82, 2.24) is 0 Å². The van der Waals surface area contributed by atoms with Crippen molar-refractivity contribution in [3.05, 3.63) is 58.9 Å². The second kappa shape index (κ2) is 4.61. The lowest BCUT2D eigenvalue weighted by atomic mass is 9.93. The van der Waals surface area contributed by atoms with E-state index >= 15 is 0 Å². The Hall–Kier alpha value is -2.16. The molecule has 18 heavy (non-hydrogen) atoms. The molecule has 0 saturated heterocycles. The molecule has 2 aromatic carbocycles. The van der Waals surface area contributed by atoms with Gasteiger partial charge in [-0.2, -0.15) is 0 Å². The van der Waals surface area contributed by atoms with Crippen LogP contribution in [0.25, 0.3) is 11.1 Å². The molecule has 0 aromatic heterocycles.